The van der Waals surface area contributed by atoms with Gasteiger partial charge in [0.1, 0.15) is 0 Å². The van der Waals surface area contributed by atoms with Crippen LogP contribution in [0.3, 0.4) is 0 Å². The average molecular weight is 154 g/mol. The third-order valence-corrected chi connectivity index (χ3v) is 1.27. The van der Waals surface area contributed by atoms with E-state index in [1.165, 1.54) is 0 Å². The van der Waals surface area contributed by atoms with E-state index in [0.717, 1.165) is 6.42 Å². The molecule has 0 saturated carbocycles. The molecule has 0 spiro atoms. The Morgan fingerprint density at radius 2 is 2.45 bits per heavy atom. The number of tetrazole rings is 1. The largest absolute Gasteiger partial charge is 0.307 e. The number of hydrogen-bond donors (Lipinski definition) is 1. The number of azo groups is 1. The van der Waals surface area contributed by atoms with Crippen molar-refractivity contribution in [3.8, 4) is 0 Å². The van der Waals surface area contributed by atoms with Crippen LogP contribution in [-0.2, 0) is 0 Å². The van der Waals surface area contributed by atoms with Crippen LogP contribution in [0, 0.1) is 0 Å². The maximum Gasteiger partial charge on any atom is 0.307 e. The van der Waals surface area contributed by atoms with E-state index in [1.807, 2.05) is 13.8 Å². The van der Waals surface area contributed by atoms with Gasteiger partial charge in [-0.05, 0) is 18.6 Å². The molecular formula is C5H10N6. The van der Waals surface area contributed by atoms with Gasteiger partial charge in [-0.15, -0.1) is 10.2 Å². The van der Waals surface area contributed by atoms with Crippen molar-refractivity contribution < 1.29 is 0 Å². The van der Waals surface area contributed by atoms with E-state index >= 15 is 0 Å². The highest BCUT2D eigenvalue weighted by Gasteiger charge is 1.95. The summed E-state index contributed by atoms with van der Waals surface area (Å²) < 4.78 is 0. The molecule has 1 atom stereocenters. The van der Waals surface area contributed by atoms with Gasteiger partial charge in [-0.25, -0.2) is 0 Å². The summed E-state index contributed by atoms with van der Waals surface area (Å²) in [6.07, 6.45) is 0.960. The highest BCUT2D eigenvalue weighted by Crippen LogP contribution is 2.02. The fourth-order valence-electron chi connectivity index (χ4n) is 0.431. The summed E-state index contributed by atoms with van der Waals surface area (Å²) in [4.78, 5) is 0. The summed E-state index contributed by atoms with van der Waals surface area (Å²) in [5.74, 6) is 0.283. The summed E-state index contributed by atoms with van der Waals surface area (Å²) in [5.41, 5.74) is 0. The van der Waals surface area contributed by atoms with Gasteiger partial charge in [0.2, 0.25) is 0 Å². The number of aromatic amines is 1. The molecule has 0 fully saturated rings. The minimum absolute atomic E-state index is 0.216. The number of hydrogen-bond acceptors (Lipinski definition) is 5. The molecule has 1 rings (SSSR count). The molecule has 60 valence electrons. The minimum Gasteiger partial charge on any atom is -0.182 e. The monoisotopic (exact) mass is 154 g/mol. The van der Waals surface area contributed by atoms with Crippen LogP contribution in [0.15, 0.2) is 10.2 Å². The van der Waals surface area contributed by atoms with E-state index in [0.29, 0.717) is 0 Å². The number of aromatic nitrogens is 4. The second-order valence-electron chi connectivity index (χ2n) is 2.18. The van der Waals surface area contributed by atoms with Crippen molar-refractivity contribution in [2.24, 2.45) is 10.2 Å². The molecule has 0 aliphatic carbocycles. The first-order chi connectivity index (χ1) is 5.33. The molecule has 0 aliphatic heterocycles. The maximum atomic E-state index is 3.93. The summed E-state index contributed by atoms with van der Waals surface area (Å²) in [7, 11) is 0. The molecule has 1 aromatic heterocycles. The third kappa shape index (κ3) is 2.40. The number of nitrogens with one attached hydrogen (secondary N) is 1. The van der Waals surface area contributed by atoms with Crippen LogP contribution in [0.2, 0.25) is 0 Å². The molecule has 0 radical (unpaired) electrons. The van der Waals surface area contributed by atoms with Crippen LogP contribution < -0.4 is 0 Å². The molecule has 0 bridgehead atoms. The third-order valence-electron chi connectivity index (χ3n) is 1.27. The lowest BCUT2D eigenvalue weighted by molar-refractivity contribution is 0.676. The lowest BCUT2D eigenvalue weighted by Crippen LogP contribution is -1.91. The Morgan fingerprint density at radius 3 is 3.00 bits per heavy atom. The predicted octanol–water partition coefficient (Wildman–Crippen LogP) is 1.08. The van der Waals surface area contributed by atoms with Gasteiger partial charge in [0.05, 0.1) is 6.04 Å². The van der Waals surface area contributed by atoms with E-state index in [4.69, 9.17) is 0 Å². The molecular weight excluding hydrogens is 144 g/mol. The highest BCUT2D eigenvalue weighted by atomic mass is 15.5. The summed E-state index contributed by atoms with van der Waals surface area (Å²) in [6, 6.07) is 0.216. The second-order valence-corrected chi connectivity index (χ2v) is 2.18. The van der Waals surface area contributed by atoms with Crippen molar-refractivity contribution in [1.29, 1.82) is 0 Å². The van der Waals surface area contributed by atoms with Gasteiger partial charge in [-0.1, -0.05) is 12.0 Å². The normalized spacial score (nSPS) is 14.0. The number of rotatable bonds is 3. The Bertz CT molecular complexity index is 215. The van der Waals surface area contributed by atoms with Gasteiger partial charge < -0.3 is 0 Å². The summed E-state index contributed by atoms with van der Waals surface area (Å²) in [5, 5.41) is 20.5. The first kappa shape index (κ1) is 7.77. The van der Waals surface area contributed by atoms with Crippen LogP contribution in [0.25, 0.3) is 0 Å². The Hall–Kier alpha value is -1.33. The standard InChI is InChI=1S/C5H10N6/c1-3-4(2)6-7-5-8-10-11-9-5/h4H,3H2,1-2H3,(H,8,9,10,11). The Morgan fingerprint density at radius 1 is 1.64 bits per heavy atom. The zero-order chi connectivity index (χ0) is 8.10. The van der Waals surface area contributed by atoms with Gasteiger partial charge in [0, 0.05) is 0 Å². The lowest BCUT2D eigenvalue weighted by Gasteiger charge is -1.94. The van der Waals surface area contributed by atoms with Gasteiger partial charge in [0.25, 0.3) is 0 Å². The predicted molar refractivity (Wildman–Crippen MR) is 38.4 cm³/mol. The van der Waals surface area contributed by atoms with Crippen molar-refractivity contribution in [2.75, 3.05) is 0 Å². The Balaban J connectivity index is 2.48. The zero-order valence-electron chi connectivity index (χ0n) is 6.52. The Labute approximate surface area is 64.1 Å². The zero-order valence-corrected chi connectivity index (χ0v) is 6.52. The molecule has 1 heterocycles. The van der Waals surface area contributed by atoms with Crippen molar-refractivity contribution in [1.82, 2.24) is 20.6 Å². The molecule has 6 nitrogen and oxygen atoms in total. The fraction of sp³-hybridized carbons (Fsp3) is 0.800. The van der Waals surface area contributed by atoms with Crippen molar-refractivity contribution in [3.05, 3.63) is 0 Å². The SMILES string of the molecule is CCC(C)N=Nc1nn[nH]n1. The van der Waals surface area contributed by atoms with E-state index < -0.39 is 0 Å². The molecule has 1 unspecified atom stereocenters. The second kappa shape index (κ2) is 3.75. The topological polar surface area (TPSA) is 79.2 Å². The molecule has 0 saturated heterocycles. The van der Waals surface area contributed by atoms with Crippen LogP contribution in [0.5, 0.6) is 0 Å². The smallest absolute Gasteiger partial charge is 0.182 e. The van der Waals surface area contributed by atoms with Gasteiger partial charge in [-0.3, -0.25) is 0 Å². The van der Waals surface area contributed by atoms with E-state index in [1.54, 1.807) is 0 Å². The van der Waals surface area contributed by atoms with E-state index in [9.17, 15) is 0 Å². The first-order valence-corrected chi connectivity index (χ1v) is 3.47. The van der Waals surface area contributed by atoms with Crippen LogP contribution in [0.1, 0.15) is 20.3 Å². The first-order valence-electron chi connectivity index (χ1n) is 3.47. The number of nitrogens with zero attached hydrogens (tertiary/aromatic N) is 5. The van der Waals surface area contributed by atoms with Gasteiger partial charge in [-0.2, -0.15) is 10.3 Å². The maximum absolute atomic E-state index is 3.93. The van der Waals surface area contributed by atoms with Crippen LogP contribution in [0.4, 0.5) is 5.95 Å². The summed E-state index contributed by atoms with van der Waals surface area (Å²) >= 11 is 0. The van der Waals surface area contributed by atoms with E-state index in [-0.39, 0.29) is 12.0 Å². The summed E-state index contributed by atoms with van der Waals surface area (Å²) in [6.45, 7) is 4.02. The van der Waals surface area contributed by atoms with Crippen molar-refractivity contribution >= 4 is 5.95 Å². The molecule has 0 amide bonds. The molecule has 1 N–H and O–H groups in total. The Kier molecular flexibility index (Phi) is 2.65. The molecule has 11 heavy (non-hydrogen) atoms. The molecule has 0 aromatic carbocycles. The highest BCUT2D eigenvalue weighted by molar-refractivity contribution is 5.03. The molecule has 6 heteroatoms. The average Bonchev–Trinajstić information content (AvgIpc) is 2.52. The minimum atomic E-state index is 0.216. The quantitative estimate of drug-likeness (QED) is 0.661. The van der Waals surface area contributed by atoms with Crippen molar-refractivity contribution in [3.63, 3.8) is 0 Å². The fourth-order valence-corrected chi connectivity index (χ4v) is 0.431. The van der Waals surface area contributed by atoms with Gasteiger partial charge >= 0.3 is 5.95 Å². The van der Waals surface area contributed by atoms with E-state index in [2.05, 4.69) is 30.9 Å². The molecule has 0 aliphatic rings. The van der Waals surface area contributed by atoms with Crippen LogP contribution >= 0.6 is 0 Å². The molecule has 1 aromatic rings. The number of H-pyrrole nitrogens is 1. The lowest BCUT2D eigenvalue weighted by atomic mass is 10.3. The van der Waals surface area contributed by atoms with Crippen LogP contribution in [-0.4, -0.2) is 26.7 Å². The van der Waals surface area contributed by atoms with Gasteiger partial charge in [0.15, 0.2) is 0 Å². The van der Waals surface area contributed by atoms with Crippen molar-refractivity contribution in [2.45, 2.75) is 26.3 Å².